The van der Waals surface area contributed by atoms with Crippen LogP contribution in [0.4, 0.5) is 0 Å². The molecule has 0 heterocycles. The summed E-state index contributed by atoms with van der Waals surface area (Å²) in [5, 5.41) is 8.71. The fraction of sp³-hybridized carbons (Fsp3) is 0.571. The van der Waals surface area contributed by atoms with Gasteiger partial charge in [-0.25, -0.2) is 0 Å². The predicted molar refractivity (Wildman–Crippen MR) is 69.9 cm³/mol. The van der Waals surface area contributed by atoms with Crippen LogP contribution in [0.1, 0.15) is 45.4 Å². The molecule has 0 aromatic rings. The molecule has 0 aliphatic rings. The molecule has 0 saturated heterocycles. The second-order valence-corrected chi connectivity index (χ2v) is 4.09. The molecule has 0 spiro atoms. The molecule has 1 N–H and O–H groups in total. The van der Waals surface area contributed by atoms with Crippen molar-refractivity contribution in [3.63, 3.8) is 0 Å². The number of unbranched alkanes of at least 4 members (excludes halogenated alkanes) is 4. The van der Waals surface area contributed by atoms with Crippen LogP contribution in [0.25, 0.3) is 0 Å². The van der Waals surface area contributed by atoms with E-state index >= 15 is 0 Å². The van der Waals surface area contributed by atoms with E-state index in [0.29, 0.717) is 0 Å². The lowest BCUT2D eigenvalue weighted by Crippen LogP contribution is -2.17. The zero-order valence-electron chi connectivity index (χ0n) is 10.9. The van der Waals surface area contributed by atoms with E-state index in [4.69, 9.17) is 5.11 Å². The fourth-order valence-electron chi connectivity index (χ4n) is 1.54. The van der Waals surface area contributed by atoms with Gasteiger partial charge in [0.05, 0.1) is 18.6 Å². The maximum absolute atomic E-state index is 11.4. The highest BCUT2D eigenvalue weighted by Crippen LogP contribution is 2.10. The molecular formula is C14H22O4. The Labute approximate surface area is 108 Å². The Hall–Kier alpha value is -1.58. The number of ether oxygens (including phenoxy) is 1. The summed E-state index contributed by atoms with van der Waals surface area (Å²) in [7, 11) is 0. The van der Waals surface area contributed by atoms with Gasteiger partial charge in [0.1, 0.15) is 0 Å². The summed E-state index contributed by atoms with van der Waals surface area (Å²) in [6.45, 7) is 5.42. The van der Waals surface area contributed by atoms with E-state index in [1.807, 2.05) is 6.08 Å². The van der Waals surface area contributed by atoms with Gasteiger partial charge in [0, 0.05) is 0 Å². The summed E-state index contributed by atoms with van der Waals surface area (Å²) >= 11 is 0. The van der Waals surface area contributed by atoms with Crippen LogP contribution in [0.2, 0.25) is 0 Å². The van der Waals surface area contributed by atoms with E-state index < -0.39 is 17.9 Å². The third-order valence-corrected chi connectivity index (χ3v) is 2.49. The number of carbonyl (C=O) groups excluding carboxylic acids is 1. The third-order valence-electron chi connectivity index (χ3n) is 2.49. The SMILES string of the molecule is C=COC(=O)C(C=CCCCCCC)CC(=O)O. The molecule has 0 saturated carbocycles. The van der Waals surface area contributed by atoms with Crippen LogP contribution in [0.15, 0.2) is 25.0 Å². The molecule has 1 atom stereocenters. The minimum Gasteiger partial charge on any atom is -0.481 e. The highest BCUT2D eigenvalue weighted by atomic mass is 16.5. The average molecular weight is 254 g/mol. The van der Waals surface area contributed by atoms with Crippen LogP contribution in [-0.4, -0.2) is 17.0 Å². The third kappa shape index (κ3) is 8.56. The first kappa shape index (κ1) is 16.4. The molecule has 0 rings (SSSR count). The molecule has 18 heavy (non-hydrogen) atoms. The van der Waals surface area contributed by atoms with Crippen LogP contribution in [0.3, 0.4) is 0 Å². The van der Waals surface area contributed by atoms with Gasteiger partial charge in [-0.15, -0.1) is 0 Å². The second-order valence-electron chi connectivity index (χ2n) is 4.09. The van der Waals surface area contributed by atoms with Crippen molar-refractivity contribution in [1.29, 1.82) is 0 Å². The number of carboxylic acids is 1. The number of hydrogen-bond donors (Lipinski definition) is 1. The first-order valence-electron chi connectivity index (χ1n) is 6.31. The van der Waals surface area contributed by atoms with Gasteiger partial charge in [0.2, 0.25) is 0 Å². The second kappa shape index (κ2) is 10.6. The van der Waals surface area contributed by atoms with Crippen molar-refractivity contribution in [2.75, 3.05) is 0 Å². The first-order chi connectivity index (χ1) is 8.61. The number of allylic oxidation sites excluding steroid dienone is 1. The van der Waals surface area contributed by atoms with Crippen molar-refractivity contribution in [3.05, 3.63) is 25.0 Å². The lowest BCUT2D eigenvalue weighted by molar-refractivity contribution is -0.147. The molecule has 0 aliphatic heterocycles. The van der Waals surface area contributed by atoms with Crippen molar-refractivity contribution in [2.24, 2.45) is 5.92 Å². The summed E-state index contributed by atoms with van der Waals surface area (Å²) in [4.78, 5) is 22.1. The lowest BCUT2D eigenvalue weighted by atomic mass is 10.0. The summed E-state index contributed by atoms with van der Waals surface area (Å²) < 4.78 is 4.61. The fourth-order valence-corrected chi connectivity index (χ4v) is 1.54. The van der Waals surface area contributed by atoms with Crippen molar-refractivity contribution in [3.8, 4) is 0 Å². The Morgan fingerprint density at radius 3 is 2.61 bits per heavy atom. The number of rotatable bonds is 10. The standard InChI is InChI=1S/C14H22O4/c1-3-5-6-7-8-9-10-12(11-13(15)16)14(17)18-4-2/h4,9-10,12H,2-3,5-8,11H2,1H3,(H,15,16). The number of hydrogen-bond acceptors (Lipinski definition) is 3. The number of carboxylic acid groups (broad SMARTS) is 1. The van der Waals surface area contributed by atoms with Gasteiger partial charge < -0.3 is 9.84 Å². The molecule has 1 unspecified atom stereocenters. The summed E-state index contributed by atoms with van der Waals surface area (Å²) in [5.74, 6) is -2.32. The molecule has 0 aromatic carbocycles. The molecule has 0 aliphatic carbocycles. The molecule has 0 aromatic heterocycles. The highest BCUT2D eigenvalue weighted by molar-refractivity contribution is 5.80. The highest BCUT2D eigenvalue weighted by Gasteiger charge is 2.19. The quantitative estimate of drug-likeness (QED) is 0.281. The predicted octanol–water partition coefficient (Wildman–Crippen LogP) is 3.29. The number of aliphatic carboxylic acids is 1. The smallest absolute Gasteiger partial charge is 0.318 e. The normalized spacial score (nSPS) is 12.3. The van der Waals surface area contributed by atoms with Gasteiger partial charge in [0.15, 0.2) is 0 Å². The molecular weight excluding hydrogens is 232 g/mol. The largest absolute Gasteiger partial charge is 0.481 e. The van der Waals surface area contributed by atoms with Crippen LogP contribution in [-0.2, 0) is 14.3 Å². The van der Waals surface area contributed by atoms with Crippen molar-refractivity contribution >= 4 is 11.9 Å². The molecule has 0 radical (unpaired) electrons. The molecule has 102 valence electrons. The van der Waals surface area contributed by atoms with Gasteiger partial charge in [-0.05, 0) is 12.8 Å². The maximum atomic E-state index is 11.4. The monoisotopic (exact) mass is 254 g/mol. The van der Waals surface area contributed by atoms with Crippen LogP contribution >= 0.6 is 0 Å². The Balaban J connectivity index is 4.13. The molecule has 0 fully saturated rings. The molecule has 4 nitrogen and oxygen atoms in total. The van der Waals surface area contributed by atoms with Gasteiger partial charge >= 0.3 is 11.9 Å². The zero-order chi connectivity index (χ0) is 13.8. The van der Waals surface area contributed by atoms with Gasteiger partial charge in [-0.3, -0.25) is 9.59 Å². The van der Waals surface area contributed by atoms with Gasteiger partial charge in [-0.1, -0.05) is 44.9 Å². The topological polar surface area (TPSA) is 63.6 Å². The summed E-state index contributed by atoms with van der Waals surface area (Å²) in [6.07, 6.45) is 9.69. The molecule has 0 amide bonds. The van der Waals surface area contributed by atoms with E-state index in [-0.39, 0.29) is 6.42 Å². The van der Waals surface area contributed by atoms with Crippen molar-refractivity contribution in [1.82, 2.24) is 0 Å². The van der Waals surface area contributed by atoms with Crippen LogP contribution in [0, 0.1) is 5.92 Å². The minimum absolute atomic E-state index is 0.252. The Morgan fingerprint density at radius 1 is 1.33 bits per heavy atom. The maximum Gasteiger partial charge on any atom is 0.318 e. The van der Waals surface area contributed by atoms with Gasteiger partial charge in [0.25, 0.3) is 0 Å². The zero-order valence-corrected chi connectivity index (χ0v) is 10.9. The molecule has 4 heteroatoms. The first-order valence-corrected chi connectivity index (χ1v) is 6.31. The van der Waals surface area contributed by atoms with E-state index in [2.05, 4.69) is 18.2 Å². The van der Waals surface area contributed by atoms with Gasteiger partial charge in [-0.2, -0.15) is 0 Å². The van der Waals surface area contributed by atoms with E-state index in [0.717, 1.165) is 25.5 Å². The lowest BCUT2D eigenvalue weighted by Gasteiger charge is -2.07. The minimum atomic E-state index is -1.02. The van der Waals surface area contributed by atoms with E-state index in [1.54, 1.807) is 6.08 Å². The Bertz CT molecular complexity index is 294. The Kier molecular flexibility index (Phi) is 9.64. The summed E-state index contributed by atoms with van der Waals surface area (Å²) in [5.41, 5.74) is 0. The van der Waals surface area contributed by atoms with Crippen molar-refractivity contribution < 1.29 is 19.4 Å². The van der Waals surface area contributed by atoms with Crippen molar-refractivity contribution in [2.45, 2.75) is 45.4 Å². The van der Waals surface area contributed by atoms with Crippen LogP contribution < -0.4 is 0 Å². The summed E-state index contributed by atoms with van der Waals surface area (Å²) in [6, 6.07) is 0. The van der Waals surface area contributed by atoms with E-state index in [9.17, 15) is 9.59 Å². The number of esters is 1. The number of carbonyl (C=O) groups is 2. The average Bonchev–Trinajstić information content (AvgIpc) is 2.32. The van der Waals surface area contributed by atoms with Crippen LogP contribution in [0.5, 0.6) is 0 Å². The molecule has 0 bridgehead atoms. The Morgan fingerprint density at radius 2 is 2.06 bits per heavy atom. The van der Waals surface area contributed by atoms with E-state index in [1.165, 1.54) is 12.8 Å².